The number of benzene rings is 1. The van der Waals surface area contributed by atoms with Crippen molar-refractivity contribution in [2.24, 2.45) is 5.92 Å². The van der Waals surface area contributed by atoms with Crippen LogP contribution in [0.5, 0.6) is 0 Å². The summed E-state index contributed by atoms with van der Waals surface area (Å²) in [6.07, 6.45) is 2.73. The quantitative estimate of drug-likeness (QED) is 0.419. The van der Waals surface area contributed by atoms with Crippen molar-refractivity contribution in [1.29, 1.82) is 0 Å². The molecule has 0 amide bonds. The number of hydrogen-bond donors (Lipinski definition) is 2. The molecule has 1 aromatic heterocycles. The number of hydrogen-bond acceptors (Lipinski definition) is 7. The maximum absolute atomic E-state index is 14.6. The summed E-state index contributed by atoms with van der Waals surface area (Å²) in [6, 6.07) is 2.20. The first-order valence-electron chi connectivity index (χ1n) is 11.4. The molecule has 1 aliphatic carbocycles. The molecule has 35 heavy (non-hydrogen) atoms. The van der Waals surface area contributed by atoms with E-state index in [1.165, 1.54) is 0 Å². The summed E-state index contributed by atoms with van der Waals surface area (Å²) in [5, 5.41) is 3.49. The number of aromatic nitrogens is 1. The minimum atomic E-state index is -3.31. The highest BCUT2D eigenvalue weighted by atomic mass is 35.5. The standard InChI is InChI=1S/C23H31ClF2N4O3S2/c1-13(2)12-35(32,33)29-16-7-5-15(6-8-16)27-23-28-22(24)21(34-23)20(31)19-17(25)9-14(10-18(19)26)11-30(3)4/h9-10,13,15-16,29H,5-8,11-12H2,1-4H3,(H,27,28)/t15-,16-. The molecular formula is C23H31ClF2N4O3S2. The average Bonchev–Trinajstić information content (AvgIpc) is 3.07. The van der Waals surface area contributed by atoms with E-state index in [0.29, 0.717) is 42.9 Å². The van der Waals surface area contributed by atoms with Crippen LogP contribution in [-0.4, -0.2) is 56.0 Å². The second kappa shape index (κ2) is 11.6. The highest BCUT2D eigenvalue weighted by Crippen LogP contribution is 2.33. The molecule has 12 heteroatoms. The van der Waals surface area contributed by atoms with E-state index in [0.717, 1.165) is 23.5 Å². The van der Waals surface area contributed by atoms with Crippen LogP contribution in [0, 0.1) is 17.6 Å². The van der Waals surface area contributed by atoms with Crippen LogP contribution >= 0.6 is 22.9 Å². The van der Waals surface area contributed by atoms with Gasteiger partial charge in [-0.15, -0.1) is 0 Å². The lowest BCUT2D eigenvalue weighted by atomic mass is 9.92. The Kier molecular flexibility index (Phi) is 9.25. The Bertz CT molecular complexity index is 1140. The molecule has 2 N–H and O–H groups in total. The van der Waals surface area contributed by atoms with Crippen molar-refractivity contribution in [3.63, 3.8) is 0 Å². The van der Waals surface area contributed by atoms with Gasteiger partial charge >= 0.3 is 0 Å². The molecular weight excluding hydrogens is 518 g/mol. The van der Waals surface area contributed by atoms with Crippen molar-refractivity contribution >= 4 is 43.9 Å². The topological polar surface area (TPSA) is 91.4 Å². The number of rotatable bonds is 10. The Morgan fingerprint density at radius 1 is 1.17 bits per heavy atom. The van der Waals surface area contributed by atoms with Crippen LogP contribution in [0.25, 0.3) is 0 Å². The Morgan fingerprint density at radius 2 is 1.74 bits per heavy atom. The Balaban J connectivity index is 1.64. The molecule has 0 unspecified atom stereocenters. The molecule has 1 fully saturated rings. The lowest BCUT2D eigenvalue weighted by Crippen LogP contribution is -2.41. The van der Waals surface area contributed by atoms with Crippen LogP contribution < -0.4 is 10.0 Å². The molecule has 0 atom stereocenters. The van der Waals surface area contributed by atoms with Crippen molar-refractivity contribution in [2.75, 3.05) is 25.2 Å². The van der Waals surface area contributed by atoms with Crippen LogP contribution in [0.4, 0.5) is 13.9 Å². The van der Waals surface area contributed by atoms with Gasteiger partial charge in [0.05, 0.1) is 11.3 Å². The zero-order valence-electron chi connectivity index (χ0n) is 20.2. The van der Waals surface area contributed by atoms with E-state index in [1.54, 1.807) is 19.0 Å². The van der Waals surface area contributed by atoms with E-state index < -0.39 is 33.0 Å². The highest BCUT2D eigenvalue weighted by Gasteiger charge is 2.28. The van der Waals surface area contributed by atoms with E-state index in [1.807, 2.05) is 13.8 Å². The van der Waals surface area contributed by atoms with Gasteiger partial charge in [-0.2, -0.15) is 0 Å². The van der Waals surface area contributed by atoms with Crippen LogP contribution in [0.1, 0.15) is 60.3 Å². The van der Waals surface area contributed by atoms with E-state index in [9.17, 15) is 22.0 Å². The second-order valence-corrected chi connectivity index (χ2v) is 12.8. The summed E-state index contributed by atoms with van der Waals surface area (Å²) < 4.78 is 56.4. The largest absolute Gasteiger partial charge is 0.359 e. The van der Waals surface area contributed by atoms with Gasteiger partial charge in [0.2, 0.25) is 15.8 Å². The molecule has 0 saturated heterocycles. The van der Waals surface area contributed by atoms with Crippen molar-refractivity contribution in [3.8, 4) is 0 Å². The molecule has 2 aromatic rings. The summed E-state index contributed by atoms with van der Waals surface area (Å²) in [5.41, 5.74) is -0.236. The van der Waals surface area contributed by atoms with Crippen LogP contribution in [0.15, 0.2) is 12.1 Å². The fourth-order valence-corrected chi connectivity index (χ4v) is 7.12. The van der Waals surface area contributed by atoms with Crippen LogP contribution in [-0.2, 0) is 16.6 Å². The summed E-state index contributed by atoms with van der Waals surface area (Å²) >= 11 is 7.11. The predicted molar refractivity (Wildman–Crippen MR) is 136 cm³/mol. The van der Waals surface area contributed by atoms with Crippen LogP contribution in [0.2, 0.25) is 5.15 Å². The zero-order chi connectivity index (χ0) is 25.9. The third-order valence-electron chi connectivity index (χ3n) is 5.57. The first-order chi connectivity index (χ1) is 16.3. The lowest BCUT2D eigenvalue weighted by molar-refractivity contribution is 0.103. The van der Waals surface area contributed by atoms with Gasteiger partial charge in [-0.05, 0) is 63.4 Å². The molecule has 1 heterocycles. The van der Waals surface area contributed by atoms with E-state index in [-0.39, 0.29) is 33.8 Å². The van der Waals surface area contributed by atoms with Crippen molar-refractivity contribution in [3.05, 3.63) is 44.9 Å². The fraction of sp³-hybridized carbons (Fsp3) is 0.565. The monoisotopic (exact) mass is 548 g/mol. The van der Waals surface area contributed by atoms with E-state index >= 15 is 0 Å². The van der Waals surface area contributed by atoms with Crippen molar-refractivity contribution < 1.29 is 22.0 Å². The molecule has 194 valence electrons. The highest BCUT2D eigenvalue weighted by molar-refractivity contribution is 7.89. The van der Waals surface area contributed by atoms with Gasteiger partial charge in [-0.25, -0.2) is 26.9 Å². The van der Waals surface area contributed by atoms with Gasteiger partial charge in [0.15, 0.2) is 10.3 Å². The average molecular weight is 549 g/mol. The maximum atomic E-state index is 14.6. The van der Waals surface area contributed by atoms with Gasteiger partial charge < -0.3 is 10.2 Å². The molecule has 1 aromatic carbocycles. The Labute approximate surface area is 214 Å². The molecule has 0 radical (unpaired) electrons. The van der Waals surface area contributed by atoms with Gasteiger partial charge in [0, 0.05) is 18.6 Å². The molecule has 0 spiro atoms. The number of carbonyl (C=O) groups excluding carboxylic acids is 1. The Morgan fingerprint density at radius 3 is 2.29 bits per heavy atom. The first-order valence-corrected chi connectivity index (χ1v) is 14.3. The lowest BCUT2D eigenvalue weighted by Gasteiger charge is -2.29. The molecule has 0 aliphatic heterocycles. The summed E-state index contributed by atoms with van der Waals surface area (Å²) in [5.74, 6) is -2.59. The van der Waals surface area contributed by atoms with Crippen molar-refractivity contribution in [2.45, 2.75) is 58.2 Å². The minimum absolute atomic E-state index is 0.0183. The number of thiazole rings is 1. The number of carbonyl (C=O) groups is 1. The Hall–Kier alpha value is -1.66. The normalized spacial score (nSPS) is 18.9. The number of halogens is 3. The molecule has 3 rings (SSSR count). The third-order valence-corrected chi connectivity index (χ3v) is 8.74. The number of nitrogens with one attached hydrogen (secondary N) is 2. The van der Waals surface area contributed by atoms with Gasteiger partial charge in [0.1, 0.15) is 16.5 Å². The molecule has 1 saturated carbocycles. The number of nitrogens with zero attached hydrogens (tertiary/aromatic N) is 2. The van der Waals surface area contributed by atoms with Gasteiger partial charge in [0.25, 0.3) is 0 Å². The van der Waals surface area contributed by atoms with Gasteiger partial charge in [-0.1, -0.05) is 36.8 Å². The van der Waals surface area contributed by atoms with Crippen molar-refractivity contribution in [1.82, 2.24) is 14.6 Å². The number of ketones is 1. The predicted octanol–water partition coefficient (Wildman–Crippen LogP) is 4.67. The molecule has 0 bridgehead atoms. The number of anilines is 1. The summed E-state index contributed by atoms with van der Waals surface area (Å²) in [7, 11) is 0.242. The first kappa shape index (κ1) is 27.9. The second-order valence-electron chi connectivity index (χ2n) is 9.63. The summed E-state index contributed by atoms with van der Waals surface area (Å²) in [4.78, 5) is 18.8. The van der Waals surface area contributed by atoms with Crippen LogP contribution in [0.3, 0.4) is 0 Å². The van der Waals surface area contributed by atoms with Gasteiger partial charge in [-0.3, -0.25) is 4.79 Å². The minimum Gasteiger partial charge on any atom is -0.359 e. The SMILES string of the molecule is CC(C)CS(=O)(=O)N[C@H]1CC[C@H](Nc2nc(Cl)c(C(=O)c3c(F)cc(CN(C)C)cc3F)s2)CC1. The van der Waals surface area contributed by atoms with E-state index in [4.69, 9.17) is 11.6 Å². The fourth-order valence-electron chi connectivity index (χ4n) is 4.19. The summed E-state index contributed by atoms with van der Waals surface area (Å²) in [6.45, 7) is 4.06. The molecule has 1 aliphatic rings. The number of sulfonamides is 1. The third kappa shape index (κ3) is 7.66. The zero-order valence-corrected chi connectivity index (χ0v) is 22.6. The smallest absolute Gasteiger partial charge is 0.212 e. The van der Waals surface area contributed by atoms with E-state index in [2.05, 4.69) is 15.0 Å². The maximum Gasteiger partial charge on any atom is 0.212 e. The molecule has 7 nitrogen and oxygen atoms in total.